The Labute approximate surface area is 183 Å². The van der Waals surface area contributed by atoms with Crippen LogP contribution < -0.4 is 0 Å². The number of likely N-dealkylation sites (N-methyl/N-ethyl adjacent to an activating group) is 1. The van der Waals surface area contributed by atoms with Crippen molar-refractivity contribution in [3.8, 4) is 0 Å². The van der Waals surface area contributed by atoms with Crippen molar-refractivity contribution >= 4 is 32.8 Å². The number of esters is 1. The van der Waals surface area contributed by atoms with E-state index in [9.17, 15) is 4.79 Å². The van der Waals surface area contributed by atoms with Crippen molar-refractivity contribution in [3.05, 3.63) is 64.0 Å². The number of fused-ring (bicyclic) bond motifs is 2. The van der Waals surface area contributed by atoms with E-state index in [1.165, 1.54) is 22.7 Å². The molecule has 1 aliphatic carbocycles. The highest BCUT2D eigenvalue weighted by Crippen LogP contribution is 2.49. The minimum absolute atomic E-state index is 0.172. The lowest BCUT2D eigenvalue weighted by Gasteiger charge is -2.53. The molecule has 156 valence electrons. The molecule has 1 N–H and O–H groups in total. The second-order valence-electron chi connectivity index (χ2n) is 8.36. The van der Waals surface area contributed by atoms with Gasteiger partial charge in [-0.25, -0.2) is 4.79 Å². The van der Waals surface area contributed by atoms with Gasteiger partial charge in [-0.2, -0.15) is 0 Å². The number of aromatic nitrogens is 2. The van der Waals surface area contributed by atoms with E-state index >= 15 is 0 Å². The number of methoxy groups -OCH3 is 1. The number of pyridine rings is 1. The number of H-pyrrole nitrogens is 1. The first-order valence-corrected chi connectivity index (χ1v) is 10.9. The number of hydrogen-bond acceptors (Lipinski definition) is 5. The summed E-state index contributed by atoms with van der Waals surface area (Å²) >= 11 is 3.35. The van der Waals surface area contributed by atoms with Gasteiger partial charge in [0, 0.05) is 59.6 Å². The molecule has 1 fully saturated rings. The largest absolute Gasteiger partial charge is 0.462 e. The molecule has 3 heterocycles. The van der Waals surface area contributed by atoms with E-state index in [0.29, 0.717) is 12.2 Å². The van der Waals surface area contributed by atoms with Gasteiger partial charge in [0.25, 0.3) is 0 Å². The number of piperidine rings is 1. The summed E-state index contributed by atoms with van der Waals surface area (Å²) in [6.45, 7) is 1.21. The summed E-state index contributed by atoms with van der Waals surface area (Å²) in [4.78, 5) is 22.3. The molecule has 0 radical (unpaired) electrons. The highest BCUT2D eigenvalue weighted by molar-refractivity contribution is 9.10. The van der Waals surface area contributed by atoms with E-state index in [1.807, 2.05) is 0 Å². The molecule has 0 amide bonds. The molecule has 3 atom stereocenters. The molecule has 30 heavy (non-hydrogen) atoms. The number of nitrogens with zero attached hydrogens (tertiary/aromatic N) is 2. The summed E-state index contributed by atoms with van der Waals surface area (Å²) in [5.41, 5.74) is 3.75. The monoisotopic (exact) mass is 469 g/mol. The Bertz CT molecular complexity index is 1110. The zero-order chi connectivity index (χ0) is 20.9. The van der Waals surface area contributed by atoms with Crippen LogP contribution in [0.15, 0.2) is 47.3 Å². The van der Waals surface area contributed by atoms with Crippen LogP contribution in [0, 0.1) is 5.92 Å². The molecule has 1 aliphatic heterocycles. The van der Waals surface area contributed by atoms with Crippen LogP contribution in [-0.4, -0.2) is 54.2 Å². The fourth-order valence-electron chi connectivity index (χ4n) is 5.35. The minimum Gasteiger partial charge on any atom is -0.462 e. The Balaban J connectivity index is 1.42. The highest BCUT2D eigenvalue weighted by Gasteiger charge is 2.51. The number of rotatable bonds is 4. The Morgan fingerprint density at radius 1 is 1.40 bits per heavy atom. The van der Waals surface area contributed by atoms with Crippen molar-refractivity contribution in [1.82, 2.24) is 14.9 Å². The van der Waals surface area contributed by atoms with Crippen LogP contribution in [0.4, 0.5) is 0 Å². The first-order valence-electron chi connectivity index (χ1n) is 10.1. The Hall–Kier alpha value is -2.22. The number of carbonyl (C=O) groups is 1. The third kappa shape index (κ3) is 3.07. The molecule has 1 saturated heterocycles. The summed E-state index contributed by atoms with van der Waals surface area (Å²) in [5.74, 6) is -0.176. The number of benzene rings is 1. The Morgan fingerprint density at radius 2 is 2.27 bits per heavy atom. The first kappa shape index (κ1) is 19.7. The zero-order valence-corrected chi connectivity index (χ0v) is 18.6. The predicted octanol–water partition coefficient (Wildman–Crippen LogP) is 3.90. The van der Waals surface area contributed by atoms with E-state index < -0.39 is 5.60 Å². The molecule has 5 rings (SSSR count). The smallest absolute Gasteiger partial charge is 0.339 e. The summed E-state index contributed by atoms with van der Waals surface area (Å²) in [5, 5.41) is 1.28. The molecule has 0 spiro atoms. The lowest BCUT2D eigenvalue weighted by molar-refractivity contribution is -0.131. The number of halogens is 1. The van der Waals surface area contributed by atoms with Crippen molar-refractivity contribution in [2.45, 2.75) is 24.5 Å². The van der Waals surface area contributed by atoms with E-state index in [4.69, 9.17) is 9.47 Å². The molecule has 2 aromatic heterocycles. The lowest BCUT2D eigenvalue weighted by atomic mass is 9.69. The van der Waals surface area contributed by atoms with Crippen LogP contribution in [0.1, 0.15) is 27.9 Å². The summed E-state index contributed by atoms with van der Waals surface area (Å²) in [6.07, 6.45) is 7.06. The average molecular weight is 470 g/mol. The lowest BCUT2D eigenvalue weighted by Crippen LogP contribution is -2.59. The third-order valence-electron chi connectivity index (χ3n) is 6.62. The topological polar surface area (TPSA) is 67.5 Å². The summed E-state index contributed by atoms with van der Waals surface area (Å²) in [7, 11) is 3.95. The number of ether oxygens (including phenoxy) is 2. The number of aromatic amines is 1. The quantitative estimate of drug-likeness (QED) is 0.586. The van der Waals surface area contributed by atoms with Crippen molar-refractivity contribution in [1.29, 1.82) is 0 Å². The van der Waals surface area contributed by atoms with Crippen molar-refractivity contribution in [3.63, 3.8) is 0 Å². The first-order chi connectivity index (χ1) is 14.5. The predicted molar refractivity (Wildman–Crippen MR) is 117 cm³/mol. The van der Waals surface area contributed by atoms with Crippen molar-refractivity contribution in [2.24, 2.45) is 5.92 Å². The van der Waals surface area contributed by atoms with E-state index in [1.54, 1.807) is 19.4 Å². The van der Waals surface area contributed by atoms with E-state index in [0.717, 1.165) is 29.4 Å². The van der Waals surface area contributed by atoms with Gasteiger partial charge in [0.1, 0.15) is 5.60 Å². The SMILES string of the molecule is COC12CC(COC(=O)c3cncc(Br)c3)CN(C)C1Cc1c[nH]c3cccc2c13. The number of nitrogens with one attached hydrogen (secondary N) is 1. The standard InChI is InChI=1S/C23H24BrN3O3/c1-27-12-14(13-30-22(28)16-6-17(24)11-25-9-16)8-23(29-2)18-4-3-5-19-21(18)15(10-26-19)7-20(23)27/h3-6,9-11,14,20,26H,7-8,12-13H2,1-2H3. The normalized spacial score (nSPS) is 25.8. The Kier molecular flexibility index (Phi) is 4.92. The second kappa shape index (κ2) is 7.48. The zero-order valence-electron chi connectivity index (χ0n) is 17.0. The van der Waals surface area contributed by atoms with Gasteiger partial charge in [0.05, 0.1) is 12.2 Å². The molecule has 0 bridgehead atoms. The van der Waals surface area contributed by atoms with Crippen LogP contribution in [0.25, 0.3) is 10.9 Å². The maximum atomic E-state index is 12.5. The van der Waals surface area contributed by atoms with Gasteiger partial charge >= 0.3 is 5.97 Å². The highest BCUT2D eigenvalue weighted by atomic mass is 79.9. The van der Waals surface area contributed by atoms with Gasteiger partial charge in [0.15, 0.2) is 0 Å². The fourth-order valence-corrected chi connectivity index (χ4v) is 5.71. The number of hydrogen-bond donors (Lipinski definition) is 1. The maximum absolute atomic E-state index is 12.5. The maximum Gasteiger partial charge on any atom is 0.339 e. The minimum atomic E-state index is -0.421. The molecule has 3 unspecified atom stereocenters. The molecule has 2 aliphatic rings. The molecule has 6 nitrogen and oxygen atoms in total. The van der Waals surface area contributed by atoms with Crippen LogP contribution in [-0.2, 0) is 21.5 Å². The van der Waals surface area contributed by atoms with Crippen molar-refractivity contribution in [2.75, 3.05) is 27.3 Å². The number of carbonyl (C=O) groups excluding carboxylic acids is 1. The van der Waals surface area contributed by atoms with Gasteiger partial charge in [-0.05, 0) is 59.1 Å². The van der Waals surface area contributed by atoms with Gasteiger partial charge in [0.2, 0.25) is 0 Å². The van der Waals surface area contributed by atoms with Gasteiger partial charge in [-0.15, -0.1) is 0 Å². The van der Waals surface area contributed by atoms with Gasteiger partial charge in [-0.1, -0.05) is 12.1 Å². The Morgan fingerprint density at radius 3 is 3.07 bits per heavy atom. The summed E-state index contributed by atoms with van der Waals surface area (Å²) < 4.78 is 12.7. The molecular formula is C23H24BrN3O3. The van der Waals surface area contributed by atoms with Crippen LogP contribution in [0.5, 0.6) is 0 Å². The second-order valence-corrected chi connectivity index (χ2v) is 9.27. The molecular weight excluding hydrogens is 446 g/mol. The van der Waals surface area contributed by atoms with Crippen LogP contribution in [0.2, 0.25) is 0 Å². The average Bonchev–Trinajstić information content (AvgIpc) is 3.17. The van der Waals surface area contributed by atoms with E-state index in [2.05, 4.69) is 62.2 Å². The van der Waals surface area contributed by atoms with E-state index in [-0.39, 0.29) is 17.9 Å². The molecule has 3 aromatic rings. The third-order valence-corrected chi connectivity index (χ3v) is 7.05. The molecule has 1 aromatic carbocycles. The molecule has 7 heteroatoms. The van der Waals surface area contributed by atoms with Crippen molar-refractivity contribution < 1.29 is 14.3 Å². The fraction of sp³-hybridized carbons (Fsp3) is 0.391. The molecule has 0 saturated carbocycles. The summed E-state index contributed by atoms with van der Waals surface area (Å²) in [6, 6.07) is 8.36. The van der Waals surface area contributed by atoms with Gasteiger partial charge < -0.3 is 14.5 Å². The van der Waals surface area contributed by atoms with Crippen LogP contribution >= 0.6 is 15.9 Å². The van der Waals surface area contributed by atoms with Crippen LogP contribution in [0.3, 0.4) is 0 Å². The van der Waals surface area contributed by atoms with Gasteiger partial charge in [-0.3, -0.25) is 9.88 Å². The number of likely N-dealkylation sites (tertiary alicyclic amines) is 1.